The Labute approximate surface area is 126 Å². The highest BCUT2D eigenvalue weighted by molar-refractivity contribution is 7.94. The van der Waals surface area contributed by atoms with Crippen molar-refractivity contribution < 1.29 is 27.8 Å². The van der Waals surface area contributed by atoms with Gasteiger partial charge in [-0.1, -0.05) is 0 Å². The van der Waals surface area contributed by atoms with Gasteiger partial charge in [0.1, 0.15) is 13.2 Å². The van der Waals surface area contributed by atoms with E-state index in [1.807, 2.05) is 0 Å². The second kappa shape index (κ2) is 5.63. The van der Waals surface area contributed by atoms with Crippen LogP contribution in [0.15, 0.2) is 18.2 Å². The van der Waals surface area contributed by atoms with E-state index in [9.17, 15) is 18.3 Å². The zero-order valence-electron chi connectivity index (χ0n) is 11.4. The molecule has 1 aromatic rings. The average molecular weight is 329 g/mol. The van der Waals surface area contributed by atoms with E-state index in [1.54, 1.807) is 6.07 Å². The molecule has 2 heterocycles. The molecule has 0 saturated carbocycles. The van der Waals surface area contributed by atoms with Gasteiger partial charge in [-0.05, 0) is 12.1 Å². The van der Waals surface area contributed by atoms with Crippen molar-refractivity contribution in [2.45, 2.75) is 11.6 Å². The first-order chi connectivity index (χ1) is 10.5. The van der Waals surface area contributed by atoms with Crippen LogP contribution in [-0.2, 0) is 14.8 Å². The van der Waals surface area contributed by atoms with Crippen LogP contribution in [0, 0.1) is 0 Å². The van der Waals surface area contributed by atoms with Crippen molar-refractivity contribution in [2.24, 2.45) is 0 Å². The molecule has 0 bridgehead atoms. The van der Waals surface area contributed by atoms with E-state index in [0.29, 0.717) is 24.7 Å². The van der Waals surface area contributed by atoms with Crippen molar-refractivity contribution in [3.8, 4) is 11.5 Å². The first-order valence-electron chi connectivity index (χ1n) is 6.59. The Balaban J connectivity index is 1.78. The van der Waals surface area contributed by atoms with Crippen LogP contribution in [0.3, 0.4) is 0 Å². The SMILES string of the molecule is O=C1NC(O)NCC1S(=O)(=O)Nc1ccc2c(c1)OCCO2. The lowest BCUT2D eigenvalue weighted by Gasteiger charge is -2.27. The monoisotopic (exact) mass is 329 g/mol. The van der Waals surface area contributed by atoms with Crippen LogP contribution < -0.4 is 24.8 Å². The molecule has 1 fully saturated rings. The number of sulfonamides is 1. The molecule has 1 amide bonds. The van der Waals surface area contributed by atoms with E-state index in [0.717, 1.165) is 0 Å². The van der Waals surface area contributed by atoms with Gasteiger partial charge in [0.15, 0.2) is 23.1 Å². The number of ether oxygens (including phenoxy) is 2. The number of anilines is 1. The minimum atomic E-state index is -3.97. The second-order valence-electron chi connectivity index (χ2n) is 4.81. The minimum Gasteiger partial charge on any atom is -0.486 e. The quantitative estimate of drug-likeness (QED) is 0.535. The Hall–Kier alpha value is -2.04. The first-order valence-corrected chi connectivity index (χ1v) is 8.13. The summed E-state index contributed by atoms with van der Waals surface area (Å²) in [5.41, 5.74) is 0.267. The minimum absolute atomic E-state index is 0.188. The van der Waals surface area contributed by atoms with Gasteiger partial charge in [0, 0.05) is 12.6 Å². The number of carbonyl (C=O) groups excluding carboxylic acids is 1. The Morgan fingerprint density at radius 1 is 1.23 bits per heavy atom. The summed E-state index contributed by atoms with van der Waals surface area (Å²) in [6.45, 7) is 0.636. The van der Waals surface area contributed by atoms with Crippen LogP contribution in [-0.4, -0.2) is 50.8 Å². The van der Waals surface area contributed by atoms with Gasteiger partial charge >= 0.3 is 0 Å². The number of aliphatic hydroxyl groups is 1. The third-order valence-electron chi connectivity index (χ3n) is 3.24. The molecule has 4 N–H and O–H groups in total. The number of benzene rings is 1. The summed E-state index contributed by atoms with van der Waals surface area (Å²) >= 11 is 0. The molecule has 1 saturated heterocycles. The average Bonchev–Trinajstić information content (AvgIpc) is 2.46. The Morgan fingerprint density at radius 2 is 1.95 bits per heavy atom. The lowest BCUT2D eigenvalue weighted by molar-refractivity contribution is -0.126. The summed E-state index contributed by atoms with van der Waals surface area (Å²) < 4.78 is 37.6. The van der Waals surface area contributed by atoms with Crippen LogP contribution in [0.5, 0.6) is 11.5 Å². The topological polar surface area (TPSA) is 126 Å². The van der Waals surface area contributed by atoms with E-state index in [4.69, 9.17) is 9.47 Å². The highest BCUT2D eigenvalue weighted by atomic mass is 32.2. The highest BCUT2D eigenvalue weighted by Gasteiger charge is 2.37. The maximum absolute atomic E-state index is 12.3. The lowest BCUT2D eigenvalue weighted by atomic mass is 10.3. The zero-order chi connectivity index (χ0) is 15.7. The van der Waals surface area contributed by atoms with Gasteiger partial charge in [-0.25, -0.2) is 8.42 Å². The molecule has 0 radical (unpaired) electrons. The summed E-state index contributed by atoms with van der Waals surface area (Å²) in [5.74, 6) is 0.207. The summed E-state index contributed by atoms with van der Waals surface area (Å²) in [5, 5.41) is 12.4. The Bertz CT molecular complexity index is 692. The van der Waals surface area contributed by atoms with Gasteiger partial charge in [0.2, 0.25) is 15.9 Å². The third kappa shape index (κ3) is 2.93. The van der Waals surface area contributed by atoms with E-state index in [-0.39, 0.29) is 12.2 Å². The predicted octanol–water partition coefficient (Wildman–Crippen LogP) is -1.44. The molecule has 10 heteroatoms. The maximum atomic E-state index is 12.3. The zero-order valence-corrected chi connectivity index (χ0v) is 12.2. The van der Waals surface area contributed by atoms with Gasteiger partial charge in [-0.2, -0.15) is 0 Å². The van der Waals surface area contributed by atoms with Crippen molar-refractivity contribution in [3.05, 3.63) is 18.2 Å². The number of carbonyl (C=O) groups is 1. The van der Waals surface area contributed by atoms with Crippen LogP contribution >= 0.6 is 0 Å². The number of rotatable bonds is 3. The fourth-order valence-electron chi connectivity index (χ4n) is 2.18. The summed E-state index contributed by atoms with van der Waals surface area (Å²) in [6, 6.07) is 4.61. The molecule has 2 aliphatic heterocycles. The van der Waals surface area contributed by atoms with Crippen LogP contribution in [0.25, 0.3) is 0 Å². The Morgan fingerprint density at radius 3 is 2.68 bits per heavy atom. The second-order valence-corrected chi connectivity index (χ2v) is 6.68. The first kappa shape index (κ1) is 14.9. The largest absolute Gasteiger partial charge is 0.486 e. The molecule has 0 spiro atoms. The molecule has 2 aliphatic rings. The van der Waals surface area contributed by atoms with Crippen molar-refractivity contribution in [3.63, 3.8) is 0 Å². The van der Waals surface area contributed by atoms with E-state index in [2.05, 4.69) is 15.4 Å². The predicted molar refractivity (Wildman–Crippen MR) is 75.9 cm³/mol. The number of hydrogen-bond donors (Lipinski definition) is 4. The molecule has 3 rings (SSSR count). The molecule has 2 atom stereocenters. The number of nitrogens with one attached hydrogen (secondary N) is 3. The molecule has 9 nitrogen and oxygen atoms in total. The van der Waals surface area contributed by atoms with Gasteiger partial charge in [0.05, 0.1) is 5.69 Å². The highest BCUT2D eigenvalue weighted by Crippen LogP contribution is 2.33. The molecule has 0 aliphatic carbocycles. The molecule has 120 valence electrons. The smallest absolute Gasteiger partial charge is 0.246 e. The maximum Gasteiger partial charge on any atom is 0.246 e. The fraction of sp³-hybridized carbons (Fsp3) is 0.417. The number of amides is 1. The van der Waals surface area contributed by atoms with Gasteiger partial charge in [0.25, 0.3) is 0 Å². The molecule has 0 aromatic heterocycles. The van der Waals surface area contributed by atoms with E-state index >= 15 is 0 Å². The number of hydrogen-bond acceptors (Lipinski definition) is 7. The van der Waals surface area contributed by atoms with Crippen LogP contribution in [0.4, 0.5) is 5.69 Å². The van der Waals surface area contributed by atoms with Crippen molar-refractivity contribution in [2.75, 3.05) is 24.5 Å². The standard InChI is InChI=1S/C12H15N3O6S/c16-11-10(6-13-12(17)14-11)22(18,19)15-7-1-2-8-9(5-7)21-4-3-20-8/h1-2,5,10,12-13,15,17H,3-4,6H2,(H,14,16). The lowest BCUT2D eigenvalue weighted by Crippen LogP contribution is -2.61. The third-order valence-corrected chi connectivity index (χ3v) is 4.89. The molecular weight excluding hydrogens is 314 g/mol. The fourth-order valence-corrected chi connectivity index (χ4v) is 3.45. The van der Waals surface area contributed by atoms with Crippen molar-refractivity contribution in [1.29, 1.82) is 0 Å². The van der Waals surface area contributed by atoms with Crippen LogP contribution in [0.2, 0.25) is 0 Å². The molecule has 22 heavy (non-hydrogen) atoms. The molecule has 1 aromatic carbocycles. The molecular formula is C12H15N3O6S. The summed E-state index contributed by atoms with van der Waals surface area (Å²) in [4.78, 5) is 11.7. The van der Waals surface area contributed by atoms with Gasteiger partial charge < -0.3 is 19.9 Å². The Kier molecular flexibility index (Phi) is 3.81. The molecule has 2 unspecified atom stereocenters. The van der Waals surface area contributed by atoms with Crippen molar-refractivity contribution in [1.82, 2.24) is 10.6 Å². The number of fused-ring (bicyclic) bond motifs is 1. The van der Waals surface area contributed by atoms with Crippen LogP contribution in [0.1, 0.15) is 0 Å². The summed E-state index contributed by atoms with van der Waals surface area (Å²) in [7, 11) is -3.97. The normalized spacial score (nSPS) is 24.5. The number of aliphatic hydroxyl groups excluding tert-OH is 1. The van der Waals surface area contributed by atoms with Crippen molar-refractivity contribution >= 4 is 21.6 Å². The van der Waals surface area contributed by atoms with Gasteiger partial charge in [-0.3, -0.25) is 14.8 Å². The van der Waals surface area contributed by atoms with Gasteiger partial charge in [-0.15, -0.1) is 0 Å². The van der Waals surface area contributed by atoms with E-state index in [1.165, 1.54) is 12.1 Å². The summed E-state index contributed by atoms with van der Waals surface area (Å²) in [6.07, 6.45) is -1.24. The van der Waals surface area contributed by atoms with E-state index < -0.39 is 27.5 Å².